The summed E-state index contributed by atoms with van der Waals surface area (Å²) in [5.41, 5.74) is -0.602. The molecule has 12 heteroatoms. The third-order valence-electron chi connectivity index (χ3n) is 10.8. The molecule has 4 aromatic carbocycles. The maximum atomic E-state index is 13.0. The number of carbonyl (C=O) groups is 4. The zero-order chi connectivity index (χ0) is 36.7. The number of hydrogen-bond acceptors (Lipinski definition) is 4. The van der Waals surface area contributed by atoms with E-state index in [2.05, 4.69) is 21.3 Å². The molecule has 0 radical (unpaired) electrons. The van der Waals surface area contributed by atoms with E-state index in [0.29, 0.717) is 26.2 Å². The highest BCUT2D eigenvalue weighted by atomic mass is 16.2. The third-order valence-corrected chi connectivity index (χ3v) is 10.8. The first-order valence-electron chi connectivity index (χ1n) is 17.8. The summed E-state index contributed by atoms with van der Waals surface area (Å²) in [5.74, 6) is 0. The Kier molecular flexibility index (Phi) is 8.56. The summed E-state index contributed by atoms with van der Waals surface area (Å²) in [5, 5.41) is 12.4. The average molecular weight is 701 g/mol. The number of benzene rings is 4. The van der Waals surface area contributed by atoms with Crippen LogP contribution < -0.4 is 21.3 Å². The van der Waals surface area contributed by atoms with Gasteiger partial charge in [0.1, 0.15) is 0 Å². The van der Waals surface area contributed by atoms with E-state index in [4.69, 9.17) is 0 Å². The number of fused-ring (bicyclic) bond motifs is 2. The van der Waals surface area contributed by atoms with Gasteiger partial charge < -0.3 is 21.3 Å². The standard InChI is InChI=1S/2C20H22N4O2/c2*1-3-23-17(25)21-19(15-11-7-5-8-12-15)20(23,16-13-9-6-10-14-16)24(4-2)18(26)22-19/h2*5-14H,3-4H2,1-2H3,(H,21,25)(H,22,26). The Bertz CT molecular complexity index is 1770. The molecular formula is C40H44N8O4. The quantitative estimate of drug-likeness (QED) is 0.192. The lowest BCUT2D eigenvalue weighted by atomic mass is 9.81. The van der Waals surface area contributed by atoms with Crippen molar-refractivity contribution in [3.63, 3.8) is 0 Å². The van der Waals surface area contributed by atoms with Gasteiger partial charge in [0.25, 0.3) is 0 Å². The van der Waals surface area contributed by atoms with Crippen molar-refractivity contribution in [3.8, 4) is 0 Å². The number of likely N-dealkylation sites (N-methyl/N-ethyl adjacent to an activating group) is 4. The van der Waals surface area contributed by atoms with Crippen LogP contribution in [0.5, 0.6) is 0 Å². The zero-order valence-electron chi connectivity index (χ0n) is 29.8. The number of urea groups is 4. The van der Waals surface area contributed by atoms with Gasteiger partial charge >= 0.3 is 24.1 Å². The van der Waals surface area contributed by atoms with Gasteiger partial charge in [-0.3, -0.25) is 19.6 Å². The fraction of sp³-hybridized carbons (Fsp3) is 0.300. The van der Waals surface area contributed by atoms with Crippen LogP contribution in [0.3, 0.4) is 0 Å². The van der Waals surface area contributed by atoms with Crippen molar-refractivity contribution >= 4 is 24.1 Å². The molecule has 268 valence electrons. The Balaban J connectivity index is 0.000000162. The maximum absolute atomic E-state index is 13.0. The Morgan fingerprint density at radius 1 is 0.365 bits per heavy atom. The second kappa shape index (κ2) is 12.9. The van der Waals surface area contributed by atoms with Crippen molar-refractivity contribution < 1.29 is 19.2 Å². The highest BCUT2D eigenvalue weighted by Crippen LogP contribution is 2.54. The molecule has 0 aromatic heterocycles. The smallest absolute Gasteiger partial charge is 0.307 e. The van der Waals surface area contributed by atoms with Crippen LogP contribution in [-0.4, -0.2) is 69.9 Å². The molecule has 0 unspecified atom stereocenters. The summed E-state index contributed by atoms with van der Waals surface area (Å²) >= 11 is 0. The van der Waals surface area contributed by atoms with Crippen molar-refractivity contribution in [3.05, 3.63) is 144 Å². The molecule has 8 amide bonds. The summed E-state index contributed by atoms with van der Waals surface area (Å²) < 4.78 is 0. The predicted octanol–water partition coefficient (Wildman–Crippen LogP) is 5.57. The van der Waals surface area contributed by atoms with Crippen molar-refractivity contribution in [1.29, 1.82) is 0 Å². The van der Waals surface area contributed by atoms with Crippen LogP contribution in [0.2, 0.25) is 0 Å². The molecule has 8 rings (SSSR count). The van der Waals surface area contributed by atoms with E-state index in [1.54, 1.807) is 19.6 Å². The second-order valence-corrected chi connectivity index (χ2v) is 13.0. The summed E-state index contributed by atoms with van der Waals surface area (Å²) in [6, 6.07) is 38.0. The van der Waals surface area contributed by atoms with Gasteiger partial charge in [-0.2, -0.15) is 0 Å². The van der Waals surface area contributed by atoms with Crippen molar-refractivity contribution in [2.24, 2.45) is 0 Å². The number of amides is 8. The van der Waals surface area contributed by atoms with E-state index in [1.807, 2.05) is 149 Å². The lowest BCUT2D eigenvalue weighted by Crippen LogP contribution is -2.62. The van der Waals surface area contributed by atoms with Crippen LogP contribution in [0.4, 0.5) is 19.2 Å². The molecule has 0 spiro atoms. The molecule has 4 aliphatic heterocycles. The minimum absolute atomic E-state index is 0.196. The van der Waals surface area contributed by atoms with Crippen LogP contribution in [0.25, 0.3) is 0 Å². The summed E-state index contributed by atoms with van der Waals surface area (Å²) in [6.07, 6.45) is 0. The van der Waals surface area contributed by atoms with E-state index in [1.165, 1.54) is 0 Å². The number of nitrogens with zero attached hydrogens (tertiary/aromatic N) is 4. The molecule has 4 aliphatic rings. The largest absolute Gasteiger partial charge is 0.321 e. The molecule has 0 atom stereocenters. The highest BCUT2D eigenvalue weighted by Gasteiger charge is 2.74. The van der Waals surface area contributed by atoms with E-state index in [9.17, 15) is 19.2 Å². The predicted molar refractivity (Wildman–Crippen MR) is 196 cm³/mol. The fourth-order valence-corrected chi connectivity index (χ4v) is 8.97. The summed E-state index contributed by atoms with van der Waals surface area (Å²) in [7, 11) is 0. The Hall–Kier alpha value is -6.04. The summed E-state index contributed by atoms with van der Waals surface area (Å²) in [4.78, 5) is 58.9. The molecule has 0 bridgehead atoms. The van der Waals surface area contributed by atoms with E-state index >= 15 is 0 Å². The molecule has 4 aromatic rings. The monoisotopic (exact) mass is 700 g/mol. The second-order valence-electron chi connectivity index (χ2n) is 13.0. The topological polar surface area (TPSA) is 129 Å². The van der Waals surface area contributed by atoms with E-state index in [0.717, 1.165) is 22.3 Å². The van der Waals surface area contributed by atoms with Crippen molar-refractivity contribution in [1.82, 2.24) is 40.9 Å². The Morgan fingerprint density at radius 2 is 0.577 bits per heavy atom. The van der Waals surface area contributed by atoms with Crippen molar-refractivity contribution in [2.75, 3.05) is 26.2 Å². The van der Waals surface area contributed by atoms with Gasteiger partial charge in [-0.1, -0.05) is 121 Å². The maximum Gasteiger partial charge on any atom is 0.321 e. The van der Waals surface area contributed by atoms with Gasteiger partial charge in [0.15, 0.2) is 22.7 Å². The highest BCUT2D eigenvalue weighted by molar-refractivity contribution is 5.90. The molecule has 12 nitrogen and oxygen atoms in total. The number of carbonyl (C=O) groups excluding carboxylic acids is 4. The minimum atomic E-state index is -1.06. The van der Waals surface area contributed by atoms with Gasteiger partial charge in [0.2, 0.25) is 0 Å². The minimum Gasteiger partial charge on any atom is -0.307 e. The van der Waals surface area contributed by atoms with Gasteiger partial charge in [-0.05, 0) is 27.7 Å². The molecule has 4 fully saturated rings. The lowest BCUT2D eigenvalue weighted by molar-refractivity contribution is -0.00750. The Morgan fingerprint density at radius 3 is 0.788 bits per heavy atom. The molecule has 0 saturated carbocycles. The SMILES string of the molecule is CCN1C(=O)NC2(c3ccccc3)NC(=O)N(CC)C12c1ccccc1.CCN1C(=O)NC2(c3ccccc3)NC(=O)N(CC)C12c1ccccc1. The van der Waals surface area contributed by atoms with Crippen molar-refractivity contribution in [2.45, 2.75) is 50.3 Å². The van der Waals surface area contributed by atoms with E-state index in [-0.39, 0.29) is 24.1 Å². The number of rotatable bonds is 8. The Labute approximate surface area is 303 Å². The van der Waals surface area contributed by atoms with Crippen LogP contribution in [0.15, 0.2) is 121 Å². The van der Waals surface area contributed by atoms with Gasteiger partial charge in [0.05, 0.1) is 0 Å². The number of hydrogen-bond donors (Lipinski definition) is 4. The first-order chi connectivity index (χ1) is 25.2. The molecule has 0 aliphatic carbocycles. The van der Waals surface area contributed by atoms with Crippen LogP contribution >= 0.6 is 0 Å². The van der Waals surface area contributed by atoms with Crippen LogP contribution in [0, 0.1) is 0 Å². The molecule has 4 heterocycles. The van der Waals surface area contributed by atoms with Crippen LogP contribution in [-0.2, 0) is 22.7 Å². The zero-order valence-corrected chi connectivity index (χ0v) is 29.8. The van der Waals surface area contributed by atoms with Gasteiger partial charge in [-0.25, -0.2) is 19.2 Å². The molecule has 4 saturated heterocycles. The average Bonchev–Trinajstić information content (AvgIpc) is 3.78. The first kappa shape index (κ1) is 34.4. The number of nitrogens with one attached hydrogen (secondary N) is 4. The van der Waals surface area contributed by atoms with Crippen LogP contribution in [0.1, 0.15) is 49.9 Å². The molecular weight excluding hydrogens is 656 g/mol. The normalized spacial score (nSPS) is 27.3. The van der Waals surface area contributed by atoms with Gasteiger partial charge in [-0.15, -0.1) is 0 Å². The summed E-state index contributed by atoms with van der Waals surface area (Å²) in [6.45, 7) is 9.62. The molecule has 52 heavy (non-hydrogen) atoms. The fourth-order valence-electron chi connectivity index (χ4n) is 8.97. The lowest BCUT2D eigenvalue weighted by Gasteiger charge is -2.46. The molecule has 4 N–H and O–H groups in total. The van der Waals surface area contributed by atoms with E-state index < -0.39 is 22.7 Å². The van der Waals surface area contributed by atoms with Gasteiger partial charge in [0, 0.05) is 48.4 Å². The third kappa shape index (κ3) is 4.39. The first-order valence-corrected chi connectivity index (χ1v) is 17.8.